The van der Waals surface area contributed by atoms with Crippen LogP contribution in [0, 0.1) is 17.3 Å². The van der Waals surface area contributed by atoms with E-state index in [-0.39, 0.29) is 17.3 Å². The van der Waals surface area contributed by atoms with Crippen molar-refractivity contribution in [2.45, 2.75) is 33.1 Å². The fourth-order valence-electron chi connectivity index (χ4n) is 2.77. The standard InChI is InChI=1S/C10H14O2/c1-10(2)8-6(9(10)12)4-3-5-7(8)11/h6,8H,3-5H2,1-2H3. The van der Waals surface area contributed by atoms with Gasteiger partial charge in [-0.05, 0) is 12.8 Å². The van der Waals surface area contributed by atoms with Gasteiger partial charge in [0.2, 0.25) is 0 Å². The Morgan fingerprint density at radius 1 is 1.33 bits per heavy atom. The number of Topliss-reactive ketones (excluding diaryl/α,β-unsaturated/α-hetero) is 2. The molecule has 2 heteroatoms. The molecule has 2 saturated carbocycles. The van der Waals surface area contributed by atoms with E-state index in [2.05, 4.69) is 0 Å². The third-order valence-corrected chi connectivity index (χ3v) is 3.44. The topological polar surface area (TPSA) is 34.1 Å². The van der Waals surface area contributed by atoms with Crippen LogP contribution < -0.4 is 0 Å². The summed E-state index contributed by atoms with van der Waals surface area (Å²) in [7, 11) is 0. The molecule has 2 rings (SSSR count). The van der Waals surface area contributed by atoms with E-state index in [1.807, 2.05) is 13.8 Å². The molecule has 2 aliphatic rings. The van der Waals surface area contributed by atoms with Crippen LogP contribution in [0.2, 0.25) is 0 Å². The van der Waals surface area contributed by atoms with Gasteiger partial charge in [0, 0.05) is 23.7 Å². The van der Waals surface area contributed by atoms with Gasteiger partial charge in [-0.3, -0.25) is 9.59 Å². The summed E-state index contributed by atoms with van der Waals surface area (Å²) in [6, 6.07) is 0. The average molecular weight is 166 g/mol. The van der Waals surface area contributed by atoms with Crippen molar-refractivity contribution in [3.63, 3.8) is 0 Å². The number of carbonyl (C=O) groups excluding carboxylic acids is 2. The zero-order valence-electron chi connectivity index (χ0n) is 7.59. The lowest BCUT2D eigenvalue weighted by Gasteiger charge is -2.50. The van der Waals surface area contributed by atoms with Crippen LogP contribution in [0.5, 0.6) is 0 Å². The van der Waals surface area contributed by atoms with Crippen molar-refractivity contribution in [1.29, 1.82) is 0 Å². The summed E-state index contributed by atoms with van der Waals surface area (Å²) in [6.07, 6.45) is 2.55. The van der Waals surface area contributed by atoms with Crippen molar-refractivity contribution in [1.82, 2.24) is 0 Å². The van der Waals surface area contributed by atoms with Crippen LogP contribution in [-0.2, 0) is 9.59 Å². The number of hydrogen-bond acceptors (Lipinski definition) is 2. The fraction of sp³-hybridized carbons (Fsp3) is 0.800. The van der Waals surface area contributed by atoms with Crippen molar-refractivity contribution >= 4 is 11.6 Å². The highest BCUT2D eigenvalue weighted by Crippen LogP contribution is 2.52. The number of carbonyl (C=O) groups is 2. The van der Waals surface area contributed by atoms with Gasteiger partial charge >= 0.3 is 0 Å². The molecule has 0 aromatic carbocycles. The van der Waals surface area contributed by atoms with E-state index in [0.29, 0.717) is 18.0 Å². The normalized spacial score (nSPS) is 38.8. The Bertz CT molecular complexity index is 253. The third-order valence-electron chi connectivity index (χ3n) is 3.44. The van der Waals surface area contributed by atoms with Crippen molar-refractivity contribution in [2.24, 2.45) is 17.3 Å². The van der Waals surface area contributed by atoms with Crippen molar-refractivity contribution in [3.05, 3.63) is 0 Å². The zero-order chi connectivity index (χ0) is 8.93. The Labute approximate surface area is 72.3 Å². The minimum Gasteiger partial charge on any atom is -0.299 e. The van der Waals surface area contributed by atoms with E-state index >= 15 is 0 Å². The van der Waals surface area contributed by atoms with E-state index in [9.17, 15) is 9.59 Å². The smallest absolute Gasteiger partial charge is 0.143 e. The first-order valence-corrected chi connectivity index (χ1v) is 4.62. The van der Waals surface area contributed by atoms with E-state index in [1.54, 1.807) is 0 Å². The average Bonchev–Trinajstić information content (AvgIpc) is 2.03. The molecule has 0 bridgehead atoms. The molecule has 2 aliphatic carbocycles. The summed E-state index contributed by atoms with van der Waals surface area (Å²) in [6.45, 7) is 3.80. The van der Waals surface area contributed by atoms with Gasteiger partial charge in [-0.1, -0.05) is 13.8 Å². The van der Waals surface area contributed by atoms with Crippen LogP contribution in [0.25, 0.3) is 0 Å². The molecule has 0 N–H and O–H groups in total. The molecule has 66 valence electrons. The Balaban J connectivity index is 2.26. The van der Waals surface area contributed by atoms with Crippen LogP contribution in [-0.4, -0.2) is 11.6 Å². The third kappa shape index (κ3) is 0.755. The molecule has 0 amide bonds. The summed E-state index contributed by atoms with van der Waals surface area (Å²) < 4.78 is 0. The van der Waals surface area contributed by atoms with Crippen LogP contribution in [0.3, 0.4) is 0 Å². The SMILES string of the molecule is CC1(C)C(=O)C2CCCC(=O)C21. The molecule has 0 aliphatic heterocycles. The molecule has 2 atom stereocenters. The van der Waals surface area contributed by atoms with Crippen LogP contribution >= 0.6 is 0 Å². The molecule has 0 radical (unpaired) electrons. The molecule has 0 heterocycles. The molecular weight excluding hydrogens is 152 g/mol. The highest BCUT2D eigenvalue weighted by Gasteiger charge is 2.59. The summed E-state index contributed by atoms with van der Waals surface area (Å²) in [5, 5.41) is 0. The van der Waals surface area contributed by atoms with Crippen molar-refractivity contribution < 1.29 is 9.59 Å². The fourth-order valence-corrected chi connectivity index (χ4v) is 2.77. The van der Waals surface area contributed by atoms with Gasteiger partial charge in [-0.15, -0.1) is 0 Å². The second-order valence-corrected chi connectivity index (χ2v) is 4.53. The molecular formula is C10H14O2. The number of rotatable bonds is 0. The lowest BCUT2D eigenvalue weighted by atomic mass is 9.50. The molecule has 2 nitrogen and oxygen atoms in total. The van der Waals surface area contributed by atoms with Crippen LogP contribution in [0.4, 0.5) is 0 Å². The maximum atomic E-state index is 11.5. The maximum Gasteiger partial charge on any atom is 0.143 e. The lowest BCUT2D eigenvalue weighted by Crippen LogP contribution is -2.59. The summed E-state index contributed by atoms with van der Waals surface area (Å²) >= 11 is 0. The Hall–Kier alpha value is -0.660. The second kappa shape index (κ2) is 2.18. The van der Waals surface area contributed by atoms with Gasteiger partial charge < -0.3 is 0 Å². The maximum absolute atomic E-state index is 11.5. The first-order chi connectivity index (χ1) is 5.55. The van der Waals surface area contributed by atoms with Gasteiger partial charge in [-0.25, -0.2) is 0 Å². The summed E-state index contributed by atoms with van der Waals surface area (Å²) in [5.41, 5.74) is -0.345. The first kappa shape index (κ1) is 7.96. The van der Waals surface area contributed by atoms with Gasteiger partial charge in [0.15, 0.2) is 0 Å². The van der Waals surface area contributed by atoms with Crippen LogP contribution in [0.15, 0.2) is 0 Å². The van der Waals surface area contributed by atoms with Crippen LogP contribution in [0.1, 0.15) is 33.1 Å². The minimum atomic E-state index is -0.345. The molecule has 0 aromatic rings. The summed E-state index contributed by atoms with van der Waals surface area (Å²) in [5.74, 6) is 0.761. The molecule has 0 aromatic heterocycles. The molecule has 2 fully saturated rings. The van der Waals surface area contributed by atoms with Crippen molar-refractivity contribution in [2.75, 3.05) is 0 Å². The predicted molar refractivity (Wildman–Crippen MR) is 44.6 cm³/mol. The van der Waals surface area contributed by atoms with Gasteiger partial charge in [0.1, 0.15) is 11.6 Å². The lowest BCUT2D eigenvalue weighted by molar-refractivity contribution is -0.164. The van der Waals surface area contributed by atoms with E-state index in [0.717, 1.165) is 12.8 Å². The number of hydrogen-bond donors (Lipinski definition) is 0. The Morgan fingerprint density at radius 2 is 2.00 bits per heavy atom. The Morgan fingerprint density at radius 3 is 2.58 bits per heavy atom. The molecule has 0 saturated heterocycles. The minimum absolute atomic E-state index is 0.0544. The quantitative estimate of drug-likeness (QED) is 0.547. The van der Waals surface area contributed by atoms with E-state index in [1.165, 1.54) is 0 Å². The number of fused-ring (bicyclic) bond motifs is 1. The largest absolute Gasteiger partial charge is 0.299 e. The molecule has 0 spiro atoms. The zero-order valence-corrected chi connectivity index (χ0v) is 7.59. The van der Waals surface area contributed by atoms with Gasteiger partial charge in [-0.2, -0.15) is 0 Å². The Kier molecular flexibility index (Phi) is 1.45. The first-order valence-electron chi connectivity index (χ1n) is 4.62. The number of ketones is 2. The predicted octanol–water partition coefficient (Wildman–Crippen LogP) is 1.58. The van der Waals surface area contributed by atoms with Gasteiger partial charge in [0.05, 0.1) is 0 Å². The molecule has 2 unspecified atom stereocenters. The van der Waals surface area contributed by atoms with Crippen molar-refractivity contribution in [3.8, 4) is 0 Å². The highest BCUT2D eigenvalue weighted by molar-refractivity contribution is 6.04. The highest BCUT2D eigenvalue weighted by atomic mass is 16.1. The summed E-state index contributed by atoms with van der Waals surface area (Å²) in [4.78, 5) is 23.0. The van der Waals surface area contributed by atoms with E-state index < -0.39 is 0 Å². The van der Waals surface area contributed by atoms with Gasteiger partial charge in [0.25, 0.3) is 0 Å². The molecule has 12 heavy (non-hydrogen) atoms. The monoisotopic (exact) mass is 166 g/mol. The van der Waals surface area contributed by atoms with E-state index in [4.69, 9.17) is 0 Å². The second-order valence-electron chi connectivity index (χ2n) is 4.53.